The Morgan fingerprint density at radius 3 is 2.47 bits per heavy atom. The molecule has 2 nitrogen and oxygen atoms in total. The molecule has 0 aliphatic heterocycles. The van der Waals surface area contributed by atoms with Gasteiger partial charge < -0.3 is 10.1 Å². The van der Waals surface area contributed by atoms with Gasteiger partial charge in [-0.05, 0) is 45.0 Å². The third kappa shape index (κ3) is 4.79. The number of hydrogen-bond acceptors (Lipinski definition) is 2. The molecule has 0 saturated carbocycles. The summed E-state index contributed by atoms with van der Waals surface area (Å²) in [7, 11) is 1.83. The first-order chi connectivity index (χ1) is 8.02. The van der Waals surface area contributed by atoms with E-state index in [9.17, 15) is 8.78 Å². The lowest BCUT2D eigenvalue weighted by Gasteiger charge is -2.18. The molecule has 4 heteroatoms. The molecular weight excluding hydrogens is 224 g/mol. The van der Waals surface area contributed by atoms with Crippen LogP contribution < -0.4 is 5.32 Å². The zero-order valence-corrected chi connectivity index (χ0v) is 10.5. The van der Waals surface area contributed by atoms with Gasteiger partial charge in [0.25, 0.3) is 0 Å². The molecule has 0 spiro atoms. The number of rotatable bonds is 6. The van der Waals surface area contributed by atoms with Gasteiger partial charge in [-0.15, -0.1) is 0 Å². The molecule has 1 N–H and O–H groups in total. The van der Waals surface area contributed by atoms with Gasteiger partial charge in [0, 0.05) is 6.04 Å². The molecule has 0 fully saturated rings. The zero-order valence-electron chi connectivity index (χ0n) is 10.5. The molecule has 1 unspecified atom stereocenters. The third-order valence-electron chi connectivity index (χ3n) is 2.51. The van der Waals surface area contributed by atoms with E-state index in [1.165, 1.54) is 6.07 Å². The monoisotopic (exact) mass is 243 g/mol. The normalized spacial score (nSPS) is 13.1. The summed E-state index contributed by atoms with van der Waals surface area (Å²) in [6.07, 6.45) is 0.774. The standard InChI is InChI=1S/C13H19F2NO/c1-9(2)17-8-11(16-3)6-10-4-5-12(14)13(15)7-10/h4-5,7,9,11,16H,6,8H2,1-3H3. The van der Waals surface area contributed by atoms with E-state index in [0.29, 0.717) is 13.0 Å². The summed E-state index contributed by atoms with van der Waals surface area (Å²) >= 11 is 0. The molecule has 0 aliphatic rings. The van der Waals surface area contributed by atoms with Crippen molar-refractivity contribution in [3.8, 4) is 0 Å². The summed E-state index contributed by atoms with van der Waals surface area (Å²) in [5.74, 6) is -1.62. The van der Waals surface area contributed by atoms with Crippen LogP contribution in [0.4, 0.5) is 8.78 Å². The number of halogens is 2. The zero-order chi connectivity index (χ0) is 12.8. The fourth-order valence-corrected chi connectivity index (χ4v) is 1.50. The minimum atomic E-state index is -0.812. The van der Waals surface area contributed by atoms with Crippen LogP contribution in [0.25, 0.3) is 0 Å². The summed E-state index contributed by atoms with van der Waals surface area (Å²) in [5.41, 5.74) is 0.760. The predicted octanol–water partition coefficient (Wildman–Crippen LogP) is 2.52. The minimum absolute atomic E-state index is 0.0993. The van der Waals surface area contributed by atoms with Gasteiger partial charge in [-0.25, -0.2) is 8.78 Å². The van der Waals surface area contributed by atoms with E-state index in [2.05, 4.69) is 5.32 Å². The lowest BCUT2D eigenvalue weighted by molar-refractivity contribution is 0.0627. The Bertz CT molecular complexity index is 355. The van der Waals surface area contributed by atoms with Crippen molar-refractivity contribution >= 4 is 0 Å². The van der Waals surface area contributed by atoms with Crippen molar-refractivity contribution in [1.82, 2.24) is 5.32 Å². The molecule has 0 aromatic heterocycles. The van der Waals surface area contributed by atoms with E-state index in [0.717, 1.165) is 11.6 Å². The summed E-state index contributed by atoms with van der Waals surface area (Å²) in [6, 6.07) is 4.08. The topological polar surface area (TPSA) is 21.3 Å². The summed E-state index contributed by atoms with van der Waals surface area (Å²) in [5, 5.41) is 3.10. The van der Waals surface area contributed by atoms with Gasteiger partial charge in [0.05, 0.1) is 12.7 Å². The third-order valence-corrected chi connectivity index (χ3v) is 2.51. The van der Waals surface area contributed by atoms with Crippen molar-refractivity contribution in [2.45, 2.75) is 32.4 Å². The SMILES string of the molecule is CNC(COC(C)C)Cc1ccc(F)c(F)c1. The van der Waals surface area contributed by atoms with Crippen LogP contribution in [-0.4, -0.2) is 25.8 Å². The van der Waals surface area contributed by atoms with Crippen LogP contribution in [-0.2, 0) is 11.2 Å². The van der Waals surface area contributed by atoms with Gasteiger partial charge in [0.15, 0.2) is 11.6 Å². The van der Waals surface area contributed by atoms with Crippen molar-refractivity contribution in [1.29, 1.82) is 0 Å². The van der Waals surface area contributed by atoms with Gasteiger partial charge >= 0.3 is 0 Å². The molecule has 0 amide bonds. The summed E-state index contributed by atoms with van der Waals surface area (Å²) in [6.45, 7) is 4.47. The van der Waals surface area contributed by atoms with Crippen LogP contribution in [0.5, 0.6) is 0 Å². The molecule has 1 aromatic carbocycles. The van der Waals surface area contributed by atoms with Gasteiger partial charge in [-0.2, -0.15) is 0 Å². The van der Waals surface area contributed by atoms with Crippen molar-refractivity contribution < 1.29 is 13.5 Å². The van der Waals surface area contributed by atoms with Crippen molar-refractivity contribution in [2.24, 2.45) is 0 Å². The average Bonchev–Trinajstić information content (AvgIpc) is 2.28. The van der Waals surface area contributed by atoms with E-state index in [1.807, 2.05) is 20.9 Å². The lowest BCUT2D eigenvalue weighted by atomic mass is 10.1. The molecular formula is C13H19F2NO. The van der Waals surface area contributed by atoms with Crippen LogP contribution in [0.1, 0.15) is 19.4 Å². The first-order valence-electron chi connectivity index (χ1n) is 5.75. The van der Waals surface area contributed by atoms with E-state index in [-0.39, 0.29) is 12.1 Å². The molecule has 1 aromatic rings. The van der Waals surface area contributed by atoms with Gasteiger partial charge in [-0.3, -0.25) is 0 Å². The Labute approximate surface area is 101 Å². The fourth-order valence-electron chi connectivity index (χ4n) is 1.50. The largest absolute Gasteiger partial charge is 0.377 e. The maximum atomic E-state index is 13.0. The maximum Gasteiger partial charge on any atom is 0.159 e. The quantitative estimate of drug-likeness (QED) is 0.829. The van der Waals surface area contributed by atoms with Gasteiger partial charge in [0.2, 0.25) is 0 Å². The number of hydrogen-bond donors (Lipinski definition) is 1. The molecule has 17 heavy (non-hydrogen) atoms. The number of ether oxygens (including phenoxy) is 1. The fraction of sp³-hybridized carbons (Fsp3) is 0.538. The van der Waals surface area contributed by atoms with E-state index in [1.54, 1.807) is 6.07 Å². The Hall–Kier alpha value is -1.00. The predicted molar refractivity (Wildman–Crippen MR) is 64.0 cm³/mol. The van der Waals surface area contributed by atoms with E-state index < -0.39 is 11.6 Å². The average molecular weight is 243 g/mol. The Morgan fingerprint density at radius 2 is 1.94 bits per heavy atom. The van der Waals surface area contributed by atoms with Crippen LogP contribution in [0.15, 0.2) is 18.2 Å². The summed E-state index contributed by atoms with van der Waals surface area (Å²) in [4.78, 5) is 0. The second-order valence-electron chi connectivity index (χ2n) is 4.32. The van der Waals surface area contributed by atoms with E-state index in [4.69, 9.17) is 4.74 Å². The van der Waals surface area contributed by atoms with Crippen LogP contribution in [0.3, 0.4) is 0 Å². The maximum absolute atomic E-state index is 13.0. The summed E-state index contributed by atoms with van der Waals surface area (Å²) < 4.78 is 31.3. The molecule has 0 radical (unpaired) electrons. The number of likely N-dealkylation sites (N-methyl/N-ethyl adjacent to an activating group) is 1. The highest BCUT2D eigenvalue weighted by molar-refractivity contribution is 5.18. The highest BCUT2D eigenvalue weighted by Gasteiger charge is 2.10. The first-order valence-corrected chi connectivity index (χ1v) is 5.75. The molecule has 0 aliphatic carbocycles. The van der Waals surface area contributed by atoms with Crippen molar-refractivity contribution in [3.05, 3.63) is 35.4 Å². The van der Waals surface area contributed by atoms with E-state index >= 15 is 0 Å². The molecule has 0 saturated heterocycles. The second kappa shape index (κ2) is 6.67. The molecule has 1 atom stereocenters. The molecule has 96 valence electrons. The second-order valence-corrected chi connectivity index (χ2v) is 4.32. The molecule has 0 bridgehead atoms. The van der Waals surface area contributed by atoms with Crippen molar-refractivity contribution in [2.75, 3.05) is 13.7 Å². The molecule has 1 rings (SSSR count). The Balaban J connectivity index is 2.57. The smallest absolute Gasteiger partial charge is 0.159 e. The highest BCUT2D eigenvalue weighted by atomic mass is 19.2. The van der Waals surface area contributed by atoms with Crippen LogP contribution in [0.2, 0.25) is 0 Å². The van der Waals surface area contributed by atoms with Crippen LogP contribution in [0, 0.1) is 11.6 Å². The first kappa shape index (κ1) is 14.1. The Morgan fingerprint density at radius 1 is 1.24 bits per heavy atom. The van der Waals surface area contributed by atoms with Crippen molar-refractivity contribution in [3.63, 3.8) is 0 Å². The number of benzene rings is 1. The number of nitrogens with one attached hydrogen (secondary N) is 1. The Kier molecular flexibility index (Phi) is 5.51. The molecule has 0 heterocycles. The minimum Gasteiger partial charge on any atom is -0.377 e. The van der Waals surface area contributed by atoms with Gasteiger partial charge in [-0.1, -0.05) is 6.07 Å². The van der Waals surface area contributed by atoms with Gasteiger partial charge in [0.1, 0.15) is 0 Å². The lowest BCUT2D eigenvalue weighted by Crippen LogP contribution is -2.33. The highest BCUT2D eigenvalue weighted by Crippen LogP contribution is 2.11. The van der Waals surface area contributed by atoms with Crippen LogP contribution >= 0.6 is 0 Å².